The predicted molar refractivity (Wildman–Crippen MR) is 90.6 cm³/mol. The minimum atomic E-state index is -4.40. The molecule has 1 saturated heterocycles. The maximum atomic E-state index is 12.8. The Morgan fingerprint density at radius 1 is 1.38 bits per heavy atom. The second kappa shape index (κ2) is 7.49. The fourth-order valence-electron chi connectivity index (χ4n) is 3.10. The fourth-order valence-corrected chi connectivity index (χ4v) is 3.10. The maximum Gasteiger partial charge on any atom is 0.416 e. The van der Waals surface area contributed by atoms with Crippen molar-refractivity contribution in [1.82, 2.24) is 20.0 Å². The number of hydrogen-bond acceptors (Lipinski definition) is 3. The van der Waals surface area contributed by atoms with E-state index in [1.807, 2.05) is 0 Å². The third kappa shape index (κ3) is 4.24. The Bertz CT molecular complexity index is 766. The lowest BCUT2D eigenvalue weighted by molar-refractivity contribution is -0.137. The molecule has 2 heterocycles. The number of alkyl halides is 3. The third-order valence-corrected chi connectivity index (χ3v) is 4.49. The van der Waals surface area contributed by atoms with Gasteiger partial charge in [0, 0.05) is 26.3 Å². The van der Waals surface area contributed by atoms with Gasteiger partial charge in [-0.1, -0.05) is 12.1 Å². The van der Waals surface area contributed by atoms with Gasteiger partial charge in [-0.2, -0.15) is 18.3 Å². The van der Waals surface area contributed by atoms with Crippen LogP contribution in [0.15, 0.2) is 36.5 Å². The molecule has 3 rings (SSSR count). The molecule has 1 fully saturated rings. The molecule has 0 aliphatic carbocycles. The average molecular weight is 366 g/mol. The number of hydrogen-bond donors (Lipinski definition) is 1. The highest BCUT2D eigenvalue weighted by Crippen LogP contribution is 2.29. The Morgan fingerprint density at radius 3 is 2.88 bits per heavy atom. The summed E-state index contributed by atoms with van der Waals surface area (Å²) in [5.74, 6) is -0.315. The van der Waals surface area contributed by atoms with E-state index in [2.05, 4.69) is 10.4 Å². The van der Waals surface area contributed by atoms with Crippen molar-refractivity contribution < 1.29 is 18.0 Å². The number of carbonyl (C=O) groups is 1. The Kier molecular flexibility index (Phi) is 5.31. The van der Waals surface area contributed by atoms with Gasteiger partial charge in [0.1, 0.15) is 5.69 Å². The zero-order chi connectivity index (χ0) is 18.7. The molecular formula is C18H21F3N4O. The van der Waals surface area contributed by atoms with Gasteiger partial charge in [-0.25, -0.2) is 0 Å². The molecule has 140 valence electrons. The minimum absolute atomic E-state index is 0.0839. The highest BCUT2D eigenvalue weighted by molar-refractivity contribution is 5.91. The highest BCUT2D eigenvalue weighted by Gasteiger charge is 2.30. The molecular weight excluding hydrogens is 345 g/mol. The second-order valence-corrected chi connectivity index (χ2v) is 6.54. The van der Waals surface area contributed by atoms with Crippen LogP contribution in [0.5, 0.6) is 0 Å². The van der Waals surface area contributed by atoms with Gasteiger partial charge in [0.15, 0.2) is 0 Å². The number of rotatable bonds is 4. The number of nitrogens with one attached hydrogen (secondary N) is 1. The van der Waals surface area contributed by atoms with E-state index in [1.165, 1.54) is 11.0 Å². The van der Waals surface area contributed by atoms with Crippen molar-refractivity contribution in [3.8, 4) is 0 Å². The van der Waals surface area contributed by atoms with E-state index < -0.39 is 11.7 Å². The molecule has 0 radical (unpaired) electrons. The first kappa shape index (κ1) is 18.4. The molecule has 5 nitrogen and oxygen atoms in total. The van der Waals surface area contributed by atoms with Crippen molar-refractivity contribution in [1.29, 1.82) is 0 Å². The predicted octanol–water partition coefficient (Wildman–Crippen LogP) is 3.10. The Balaban J connectivity index is 1.67. The van der Waals surface area contributed by atoms with E-state index in [4.69, 9.17) is 0 Å². The molecule has 1 unspecified atom stereocenters. The monoisotopic (exact) mass is 366 g/mol. The molecule has 1 amide bonds. The van der Waals surface area contributed by atoms with E-state index >= 15 is 0 Å². The normalized spacial score (nSPS) is 17.9. The number of carbonyl (C=O) groups excluding carboxylic acids is 1. The average Bonchev–Trinajstić information content (AvgIpc) is 3.11. The van der Waals surface area contributed by atoms with Gasteiger partial charge in [0.05, 0.1) is 11.6 Å². The van der Waals surface area contributed by atoms with Gasteiger partial charge < -0.3 is 10.2 Å². The molecule has 0 bridgehead atoms. The SMILES string of the molecule is CN(Cc1cccc(C(F)(F)F)c1)C(=O)c1ccn(C2CCCNC2)n1. The first-order valence-corrected chi connectivity index (χ1v) is 8.52. The van der Waals surface area contributed by atoms with Crippen LogP contribution in [0.4, 0.5) is 13.2 Å². The molecule has 1 aliphatic rings. The summed E-state index contributed by atoms with van der Waals surface area (Å²) in [6.45, 7) is 1.89. The van der Waals surface area contributed by atoms with Crippen LogP contribution in [0.25, 0.3) is 0 Å². The van der Waals surface area contributed by atoms with Crippen LogP contribution in [0.1, 0.15) is 40.5 Å². The summed E-state index contributed by atoms with van der Waals surface area (Å²) < 4.78 is 40.2. The number of halogens is 3. The quantitative estimate of drug-likeness (QED) is 0.905. The van der Waals surface area contributed by atoms with Crippen LogP contribution < -0.4 is 5.32 Å². The first-order valence-electron chi connectivity index (χ1n) is 8.52. The second-order valence-electron chi connectivity index (χ2n) is 6.54. The first-order chi connectivity index (χ1) is 12.3. The highest BCUT2D eigenvalue weighted by atomic mass is 19.4. The lowest BCUT2D eigenvalue weighted by Crippen LogP contribution is -2.32. The van der Waals surface area contributed by atoms with Crippen LogP contribution in [0.3, 0.4) is 0 Å². The van der Waals surface area contributed by atoms with Gasteiger partial charge in [-0.05, 0) is 43.1 Å². The molecule has 1 aromatic heterocycles. The van der Waals surface area contributed by atoms with Crippen LogP contribution in [0.2, 0.25) is 0 Å². The number of piperidine rings is 1. The van der Waals surface area contributed by atoms with Crippen molar-refractivity contribution in [3.63, 3.8) is 0 Å². The van der Waals surface area contributed by atoms with Crippen LogP contribution in [0, 0.1) is 0 Å². The van der Waals surface area contributed by atoms with Gasteiger partial charge in [-0.3, -0.25) is 9.48 Å². The zero-order valence-corrected chi connectivity index (χ0v) is 14.5. The van der Waals surface area contributed by atoms with E-state index in [9.17, 15) is 18.0 Å². The van der Waals surface area contributed by atoms with E-state index in [0.717, 1.165) is 38.1 Å². The summed E-state index contributed by atoms with van der Waals surface area (Å²) in [6, 6.07) is 6.88. The standard InChI is InChI=1S/C18H21F3N4O/c1-24(12-13-4-2-5-14(10-13)18(19,20)21)17(26)16-7-9-25(23-16)15-6-3-8-22-11-15/h2,4-5,7,9-10,15,22H,3,6,8,11-12H2,1H3. The molecule has 1 aliphatic heterocycles. The van der Waals surface area contributed by atoms with Crippen molar-refractivity contribution in [2.75, 3.05) is 20.1 Å². The third-order valence-electron chi connectivity index (χ3n) is 4.49. The summed E-state index contributed by atoms with van der Waals surface area (Å²) in [5, 5.41) is 7.66. The molecule has 1 N–H and O–H groups in total. The van der Waals surface area contributed by atoms with Crippen LogP contribution in [-0.2, 0) is 12.7 Å². The number of benzene rings is 1. The van der Waals surface area contributed by atoms with Gasteiger partial charge in [0.2, 0.25) is 0 Å². The Hall–Kier alpha value is -2.35. The van der Waals surface area contributed by atoms with Crippen molar-refractivity contribution in [2.24, 2.45) is 0 Å². The molecule has 0 spiro atoms. The van der Waals surface area contributed by atoms with E-state index in [-0.39, 0.29) is 18.5 Å². The summed E-state index contributed by atoms with van der Waals surface area (Å²) in [7, 11) is 1.56. The summed E-state index contributed by atoms with van der Waals surface area (Å²) >= 11 is 0. The topological polar surface area (TPSA) is 50.2 Å². The molecule has 0 saturated carbocycles. The van der Waals surface area contributed by atoms with E-state index in [1.54, 1.807) is 30.1 Å². The van der Waals surface area contributed by atoms with E-state index in [0.29, 0.717) is 11.3 Å². The number of nitrogens with zero attached hydrogens (tertiary/aromatic N) is 3. The van der Waals surface area contributed by atoms with Crippen LogP contribution >= 0.6 is 0 Å². The summed E-state index contributed by atoms with van der Waals surface area (Å²) in [6.07, 6.45) is -0.556. The molecule has 1 atom stereocenters. The molecule has 26 heavy (non-hydrogen) atoms. The van der Waals surface area contributed by atoms with Gasteiger partial charge in [0.25, 0.3) is 5.91 Å². The molecule has 2 aromatic rings. The van der Waals surface area contributed by atoms with Crippen molar-refractivity contribution >= 4 is 5.91 Å². The zero-order valence-electron chi connectivity index (χ0n) is 14.5. The number of amides is 1. The summed E-state index contributed by atoms with van der Waals surface area (Å²) in [5.41, 5.74) is 0.00145. The van der Waals surface area contributed by atoms with Gasteiger partial charge >= 0.3 is 6.18 Å². The lowest BCUT2D eigenvalue weighted by Gasteiger charge is -2.23. The van der Waals surface area contributed by atoms with Crippen molar-refractivity contribution in [2.45, 2.75) is 31.6 Å². The largest absolute Gasteiger partial charge is 0.416 e. The van der Waals surface area contributed by atoms with Crippen LogP contribution in [-0.4, -0.2) is 40.7 Å². The smallest absolute Gasteiger partial charge is 0.336 e. The minimum Gasteiger partial charge on any atom is -0.336 e. The van der Waals surface area contributed by atoms with Crippen molar-refractivity contribution in [3.05, 3.63) is 53.3 Å². The lowest BCUT2D eigenvalue weighted by atomic mass is 10.1. The van der Waals surface area contributed by atoms with Gasteiger partial charge in [-0.15, -0.1) is 0 Å². The Morgan fingerprint density at radius 2 is 2.19 bits per heavy atom. The Labute approximate surface area is 149 Å². The fraction of sp³-hybridized carbons (Fsp3) is 0.444. The number of aromatic nitrogens is 2. The summed E-state index contributed by atoms with van der Waals surface area (Å²) in [4.78, 5) is 13.9. The molecule has 1 aromatic carbocycles. The maximum absolute atomic E-state index is 12.8. The molecule has 8 heteroatoms.